The second-order valence-electron chi connectivity index (χ2n) is 4.46. The topological polar surface area (TPSA) is 16.8 Å². The second kappa shape index (κ2) is 6.58. The first-order chi connectivity index (χ1) is 9.26. The molecule has 2 aromatic heterocycles. The predicted octanol–water partition coefficient (Wildman–Crippen LogP) is 0.804. The summed E-state index contributed by atoms with van der Waals surface area (Å²) in [5.74, 6) is -0.211. The third-order valence-corrected chi connectivity index (χ3v) is 4.00. The van der Waals surface area contributed by atoms with Crippen molar-refractivity contribution < 1.29 is 32.9 Å². The molecule has 20 heavy (non-hydrogen) atoms. The maximum absolute atomic E-state index is 13.2. The van der Waals surface area contributed by atoms with Crippen LogP contribution in [-0.2, 0) is 6.54 Å². The van der Waals surface area contributed by atoms with Crippen LogP contribution in [0.1, 0.15) is 13.3 Å². The molecule has 3 aromatic rings. The highest BCUT2D eigenvalue weighted by atomic mass is 127. The summed E-state index contributed by atoms with van der Waals surface area (Å²) in [4.78, 5) is 4.56. The zero-order chi connectivity index (χ0) is 13.2. The molecule has 104 valence electrons. The third kappa shape index (κ3) is 3.15. The first-order valence-electron chi connectivity index (χ1n) is 6.32. The smallest absolute Gasteiger partial charge is 0.179 e. The normalized spacial score (nSPS) is 10.5. The van der Waals surface area contributed by atoms with Gasteiger partial charge in [-0.05, 0) is 24.3 Å². The molecule has 2 heterocycles. The van der Waals surface area contributed by atoms with Crippen molar-refractivity contribution in [3.63, 3.8) is 0 Å². The Kier molecular flexibility index (Phi) is 5.04. The van der Waals surface area contributed by atoms with E-state index in [1.54, 1.807) is 12.1 Å². The van der Waals surface area contributed by atoms with Crippen molar-refractivity contribution in [2.75, 3.05) is 0 Å². The van der Waals surface area contributed by atoms with Crippen molar-refractivity contribution in [3.8, 4) is 10.6 Å². The zero-order valence-electron chi connectivity index (χ0n) is 11.0. The number of hydrogen-bond acceptors (Lipinski definition) is 2. The molecule has 3 rings (SSSR count). The van der Waals surface area contributed by atoms with E-state index in [2.05, 4.69) is 28.9 Å². The Morgan fingerprint density at radius 3 is 2.95 bits per heavy atom. The molecule has 0 saturated carbocycles. The van der Waals surface area contributed by atoms with Crippen LogP contribution in [0, 0.1) is 5.82 Å². The maximum Gasteiger partial charge on any atom is 0.179 e. The van der Waals surface area contributed by atoms with Crippen molar-refractivity contribution in [2.24, 2.45) is 0 Å². The van der Waals surface area contributed by atoms with Crippen LogP contribution >= 0.6 is 11.3 Å². The van der Waals surface area contributed by atoms with Gasteiger partial charge in [0, 0.05) is 12.5 Å². The Labute approximate surface area is 138 Å². The first-order valence-corrected chi connectivity index (χ1v) is 7.13. The minimum atomic E-state index is -0.211. The van der Waals surface area contributed by atoms with Crippen molar-refractivity contribution >= 4 is 21.6 Å². The first kappa shape index (κ1) is 15.3. The van der Waals surface area contributed by atoms with Crippen LogP contribution in [-0.4, -0.2) is 4.98 Å². The van der Waals surface area contributed by atoms with Crippen LogP contribution in [0.2, 0.25) is 0 Å². The summed E-state index contributed by atoms with van der Waals surface area (Å²) < 4.78 is 16.2. The van der Waals surface area contributed by atoms with Gasteiger partial charge in [-0.2, -0.15) is 0 Å². The Morgan fingerprint density at radius 2 is 2.15 bits per heavy atom. The quantitative estimate of drug-likeness (QED) is 0.470. The van der Waals surface area contributed by atoms with E-state index in [-0.39, 0.29) is 29.8 Å². The van der Waals surface area contributed by atoms with Gasteiger partial charge >= 0.3 is 0 Å². The fraction of sp³-hybridized carbons (Fsp3) is 0.200. The molecule has 0 N–H and O–H groups in total. The molecule has 0 fully saturated rings. The average molecular weight is 400 g/mol. The van der Waals surface area contributed by atoms with Crippen LogP contribution < -0.4 is 28.5 Å². The Morgan fingerprint density at radius 1 is 1.30 bits per heavy atom. The van der Waals surface area contributed by atoms with Crippen LogP contribution in [0.4, 0.5) is 4.39 Å². The molecule has 0 aliphatic rings. The van der Waals surface area contributed by atoms with Gasteiger partial charge < -0.3 is 24.0 Å². The fourth-order valence-corrected chi connectivity index (χ4v) is 3.05. The Balaban J connectivity index is 0.00000147. The van der Waals surface area contributed by atoms with Gasteiger partial charge in [-0.1, -0.05) is 6.92 Å². The minimum Gasteiger partial charge on any atom is -1.00 e. The van der Waals surface area contributed by atoms with E-state index in [1.807, 2.05) is 12.1 Å². The van der Waals surface area contributed by atoms with Crippen LogP contribution in [0.15, 0.2) is 42.7 Å². The maximum atomic E-state index is 13.2. The van der Waals surface area contributed by atoms with E-state index in [0.717, 1.165) is 33.8 Å². The number of aromatic nitrogens is 2. The highest BCUT2D eigenvalue weighted by molar-refractivity contribution is 7.21. The molecule has 0 radical (unpaired) electrons. The van der Waals surface area contributed by atoms with Gasteiger partial charge in [0.1, 0.15) is 17.4 Å². The van der Waals surface area contributed by atoms with Gasteiger partial charge in [-0.15, -0.1) is 11.3 Å². The lowest BCUT2D eigenvalue weighted by atomic mass is 10.3. The summed E-state index contributed by atoms with van der Waals surface area (Å²) in [6, 6.07) is 8.79. The third-order valence-electron chi connectivity index (χ3n) is 2.94. The SMILES string of the molecule is CCC[n+]1cccc(-c2nc3ccc(F)cc3s2)c1.[I-]. The number of hydrogen-bond donors (Lipinski definition) is 0. The molecule has 0 aliphatic heterocycles. The monoisotopic (exact) mass is 400 g/mol. The number of thiazole rings is 1. The number of halogens is 2. The van der Waals surface area contributed by atoms with Gasteiger partial charge in [-0.3, -0.25) is 0 Å². The van der Waals surface area contributed by atoms with Crippen molar-refractivity contribution in [1.82, 2.24) is 4.98 Å². The molecular formula is C15H14FIN2S. The van der Waals surface area contributed by atoms with Gasteiger partial charge in [0.2, 0.25) is 0 Å². The minimum absolute atomic E-state index is 0. The molecule has 2 nitrogen and oxygen atoms in total. The standard InChI is InChI=1S/C15H14FN2S.HI/c1-2-7-18-8-3-4-11(10-18)15-17-13-6-5-12(16)9-14(13)19-15;/h3-6,8-10H,2,7H2,1H3;1H/q+1;/p-1. The van der Waals surface area contributed by atoms with Gasteiger partial charge in [-0.25, -0.2) is 13.9 Å². The predicted molar refractivity (Wildman–Crippen MR) is 75.5 cm³/mol. The molecule has 0 amide bonds. The number of benzene rings is 1. The molecule has 5 heteroatoms. The lowest BCUT2D eigenvalue weighted by Gasteiger charge is -1.96. The molecular weight excluding hydrogens is 386 g/mol. The average Bonchev–Trinajstić information content (AvgIpc) is 2.82. The molecule has 0 saturated heterocycles. The summed E-state index contributed by atoms with van der Waals surface area (Å²) in [6.07, 6.45) is 5.25. The van der Waals surface area contributed by atoms with Crippen LogP contribution in [0.3, 0.4) is 0 Å². The van der Waals surface area contributed by atoms with E-state index in [1.165, 1.54) is 17.4 Å². The summed E-state index contributed by atoms with van der Waals surface area (Å²) in [6.45, 7) is 3.15. The van der Waals surface area contributed by atoms with E-state index in [4.69, 9.17) is 0 Å². The number of pyridine rings is 1. The summed E-state index contributed by atoms with van der Waals surface area (Å²) >= 11 is 1.53. The van der Waals surface area contributed by atoms with E-state index in [9.17, 15) is 4.39 Å². The van der Waals surface area contributed by atoms with Crippen LogP contribution in [0.25, 0.3) is 20.8 Å². The fourth-order valence-electron chi connectivity index (χ4n) is 2.07. The van der Waals surface area contributed by atoms with E-state index >= 15 is 0 Å². The molecule has 0 atom stereocenters. The highest BCUT2D eigenvalue weighted by Gasteiger charge is 2.10. The zero-order valence-corrected chi connectivity index (χ0v) is 14.0. The molecule has 0 unspecified atom stereocenters. The summed E-state index contributed by atoms with van der Waals surface area (Å²) in [5.41, 5.74) is 1.94. The number of rotatable bonds is 3. The van der Waals surface area contributed by atoms with Gasteiger partial charge in [0.05, 0.1) is 15.8 Å². The van der Waals surface area contributed by atoms with E-state index in [0.29, 0.717) is 0 Å². The molecule has 0 spiro atoms. The number of nitrogens with zero attached hydrogens (tertiary/aromatic N) is 2. The molecule has 0 bridgehead atoms. The number of aryl methyl sites for hydroxylation is 1. The number of fused-ring (bicyclic) bond motifs is 1. The summed E-state index contributed by atoms with van der Waals surface area (Å²) in [7, 11) is 0. The second-order valence-corrected chi connectivity index (χ2v) is 5.49. The lowest BCUT2D eigenvalue weighted by Crippen LogP contribution is -3.00. The molecule has 0 aliphatic carbocycles. The largest absolute Gasteiger partial charge is 1.00 e. The van der Waals surface area contributed by atoms with Gasteiger partial charge in [0.15, 0.2) is 12.4 Å². The highest BCUT2D eigenvalue weighted by Crippen LogP contribution is 2.29. The summed E-state index contributed by atoms with van der Waals surface area (Å²) in [5, 5.41) is 0.936. The van der Waals surface area contributed by atoms with E-state index < -0.39 is 0 Å². The van der Waals surface area contributed by atoms with Crippen molar-refractivity contribution in [3.05, 3.63) is 48.5 Å². The lowest BCUT2D eigenvalue weighted by molar-refractivity contribution is -0.696. The van der Waals surface area contributed by atoms with Crippen molar-refractivity contribution in [1.29, 1.82) is 0 Å². The van der Waals surface area contributed by atoms with Gasteiger partial charge in [0.25, 0.3) is 0 Å². The Hall–Kier alpha value is -1.08. The van der Waals surface area contributed by atoms with Crippen molar-refractivity contribution in [2.45, 2.75) is 19.9 Å². The molecule has 1 aromatic carbocycles. The Bertz CT molecular complexity index is 727. The van der Waals surface area contributed by atoms with Crippen LogP contribution in [0.5, 0.6) is 0 Å².